The van der Waals surface area contributed by atoms with Crippen LogP contribution in [-0.4, -0.2) is 30.0 Å². The van der Waals surface area contributed by atoms with E-state index in [0.29, 0.717) is 11.5 Å². The number of anilines is 1. The normalized spacial score (nSPS) is 24.7. The smallest absolute Gasteiger partial charge is 0.250 e. The van der Waals surface area contributed by atoms with Gasteiger partial charge in [0.15, 0.2) is 0 Å². The Hall–Kier alpha value is -1.62. The van der Waals surface area contributed by atoms with Crippen LogP contribution >= 0.6 is 0 Å². The van der Waals surface area contributed by atoms with Crippen LogP contribution in [0.4, 0.5) is 5.82 Å². The van der Waals surface area contributed by atoms with Crippen LogP contribution in [-0.2, 0) is 0 Å². The van der Waals surface area contributed by atoms with E-state index in [0.717, 1.165) is 25.3 Å². The van der Waals surface area contributed by atoms with E-state index in [1.807, 2.05) is 6.07 Å². The Morgan fingerprint density at radius 2 is 2.24 bits per heavy atom. The zero-order chi connectivity index (χ0) is 12.4. The molecule has 5 heteroatoms. The molecule has 1 fully saturated rings. The summed E-state index contributed by atoms with van der Waals surface area (Å²) in [4.78, 5) is 17.4. The lowest BCUT2D eigenvalue weighted by atomic mass is 9.96. The van der Waals surface area contributed by atoms with Gasteiger partial charge in [-0.3, -0.25) is 4.79 Å². The zero-order valence-corrected chi connectivity index (χ0v) is 9.97. The highest BCUT2D eigenvalue weighted by Crippen LogP contribution is 2.20. The number of aromatic nitrogens is 1. The van der Waals surface area contributed by atoms with Gasteiger partial charge >= 0.3 is 0 Å². The van der Waals surface area contributed by atoms with Crippen molar-refractivity contribution in [2.24, 2.45) is 17.4 Å². The SMILES string of the molecule is CC1CC(N)CN(c2ccc(C(N)=O)cn2)C1. The van der Waals surface area contributed by atoms with E-state index in [1.165, 1.54) is 6.20 Å². The van der Waals surface area contributed by atoms with E-state index in [2.05, 4.69) is 16.8 Å². The van der Waals surface area contributed by atoms with Gasteiger partial charge in [0.2, 0.25) is 5.91 Å². The second-order valence-electron chi connectivity index (χ2n) is 4.78. The summed E-state index contributed by atoms with van der Waals surface area (Å²) in [5.74, 6) is 0.973. The van der Waals surface area contributed by atoms with E-state index >= 15 is 0 Å². The lowest BCUT2D eigenvalue weighted by Gasteiger charge is -2.35. The maximum absolute atomic E-state index is 10.9. The first-order chi connectivity index (χ1) is 8.06. The van der Waals surface area contributed by atoms with Crippen molar-refractivity contribution in [1.82, 2.24) is 4.98 Å². The van der Waals surface area contributed by atoms with Gasteiger partial charge in [0.25, 0.3) is 0 Å². The monoisotopic (exact) mass is 234 g/mol. The molecule has 0 spiro atoms. The highest BCUT2D eigenvalue weighted by Gasteiger charge is 2.22. The summed E-state index contributed by atoms with van der Waals surface area (Å²) in [7, 11) is 0. The third-order valence-electron chi connectivity index (χ3n) is 3.05. The molecule has 5 nitrogen and oxygen atoms in total. The molecule has 1 aromatic rings. The summed E-state index contributed by atoms with van der Waals surface area (Å²) in [6.07, 6.45) is 2.57. The number of carbonyl (C=O) groups is 1. The third-order valence-corrected chi connectivity index (χ3v) is 3.05. The van der Waals surface area contributed by atoms with E-state index in [4.69, 9.17) is 11.5 Å². The van der Waals surface area contributed by atoms with Gasteiger partial charge in [-0.25, -0.2) is 4.98 Å². The van der Waals surface area contributed by atoms with Crippen molar-refractivity contribution in [3.63, 3.8) is 0 Å². The zero-order valence-electron chi connectivity index (χ0n) is 9.97. The molecule has 0 aliphatic carbocycles. The van der Waals surface area contributed by atoms with Crippen molar-refractivity contribution in [1.29, 1.82) is 0 Å². The number of pyridine rings is 1. The number of rotatable bonds is 2. The molecular weight excluding hydrogens is 216 g/mol. The average Bonchev–Trinajstić information content (AvgIpc) is 2.28. The second kappa shape index (κ2) is 4.71. The van der Waals surface area contributed by atoms with E-state index in [9.17, 15) is 4.79 Å². The number of piperidine rings is 1. The summed E-state index contributed by atoms with van der Waals surface area (Å²) >= 11 is 0. The molecule has 92 valence electrons. The van der Waals surface area contributed by atoms with Gasteiger partial charge in [-0.2, -0.15) is 0 Å². The number of hydrogen-bond donors (Lipinski definition) is 2. The number of nitrogens with two attached hydrogens (primary N) is 2. The molecule has 2 atom stereocenters. The average molecular weight is 234 g/mol. The van der Waals surface area contributed by atoms with Crippen LogP contribution in [0.3, 0.4) is 0 Å². The Morgan fingerprint density at radius 1 is 1.47 bits per heavy atom. The topological polar surface area (TPSA) is 85.2 Å². The lowest BCUT2D eigenvalue weighted by Crippen LogP contribution is -2.46. The van der Waals surface area contributed by atoms with Crippen LogP contribution < -0.4 is 16.4 Å². The first kappa shape index (κ1) is 11.9. The summed E-state index contributed by atoms with van der Waals surface area (Å²) < 4.78 is 0. The summed E-state index contributed by atoms with van der Waals surface area (Å²) in [6.45, 7) is 3.95. The predicted octanol–water partition coefficient (Wildman–Crippen LogP) is 0.354. The van der Waals surface area contributed by atoms with Gasteiger partial charge in [0.05, 0.1) is 5.56 Å². The van der Waals surface area contributed by atoms with Crippen molar-refractivity contribution in [3.8, 4) is 0 Å². The van der Waals surface area contributed by atoms with Crippen LogP contribution in [0.5, 0.6) is 0 Å². The molecule has 1 aliphatic rings. The minimum absolute atomic E-state index is 0.191. The summed E-state index contributed by atoms with van der Waals surface area (Å²) in [6, 6.07) is 3.72. The predicted molar refractivity (Wildman–Crippen MR) is 66.7 cm³/mol. The van der Waals surface area contributed by atoms with Gasteiger partial charge in [-0.1, -0.05) is 6.92 Å². The third kappa shape index (κ3) is 2.74. The van der Waals surface area contributed by atoms with Crippen LogP contribution in [0.1, 0.15) is 23.7 Å². The van der Waals surface area contributed by atoms with Crippen molar-refractivity contribution >= 4 is 11.7 Å². The highest BCUT2D eigenvalue weighted by molar-refractivity contribution is 5.92. The Labute approximate surface area is 101 Å². The maximum Gasteiger partial charge on any atom is 0.250 e. The van der Waals surface area contributed by atoms with Crippen LogP contribution in [0.2, 0.25) is 0 Å². The quantitative estimate of drug-likeness (QED) is 0.773. The molecule has 1 saturated heterocycles. The number of primary amides is 1. The van der Waals surface area contributed by atoms with Crippen molar-refractivity contribution in [2.75, 3.05) is 18.0 Å². The molecule has 0 aromatic carbocycles. The minimum Gasteiger partial charge on any atom is -0.366 e. The van der Waals surface area contributed by atoms with E-state index in [-0.39, 0.29) is 6.04 Å². The molecular formula is C12H18N4O. The Balaban J connectivity index is 2.14. The molecule has 2 heterocycles. The van der Waals surface area contributed by atoms with Gasteiger partial charge in [-0.15, -0.1) is 0 Å². The molecule has 0 saturated carbocycles. The molecule has 17 heavy (non-hydrogen) atoms. The second-order valence-corrected chi connectivity index (χ2v) is 4.78. The Bertz CT molecular complexity index is 393. The van der Waals surface area contributed by atoms with Crippen molar-refractivity contribution < 1.29 is 4.79 Å². The van der Waals surface area contributed by atoms with E-state index < -0.39 is 5.91 Å². The van der Waals surface area contributed by atoms with Crippen LogP contribution in [0.25, 0.3) is 0 Å². The fourth-order valence-electron chi connectivity index (χ4n) is 2.31. The minimum atomic E-state index is -0.451. The summed E-state index contributed by atoms with van der Waals surface area (Å²) in [5, 5.41) is 0. The van der Waals surface area contributed by atoms with Crippen molar-refractivity contribution in [3.05, 3.63) is 23.9 Å². The molecule has 2 unspecified atom stereocenters. The first-order valence-electron chi connectivity index (χ1n) is 5.82. The Morgan fingerprint density at radius 3 is 2.76 bits per heavy atom. The number of carbonyl (C=O) groups excluding carboxylic acids is 1. The van der Waals surface area contributed by atoms with Gasteiger partial charge in [0, 0.05) is 25.3 Å². The molecule has 0 radical (unpaired) electrons. The highest BCUT2D eigenvalue weighted by atomic mass is 16.1. The molecule has 1 aromatic heterocycles. The van der Waals surface area contributed by atoms with Gasteiger partial charge in [-0.05, 0) is 24.5 Å². The van der Waals surface area contributed by atoms with Gasteiger partial charge < -0.3 is 16.4 Å². The molecule has 2 rings (SSSR count). The fourth-order valence-corrected chi connectivity index (χ4v) is 2.31. The summed E-state index contributed by atoms with van der Waals surface area (Å²) in [5.41, 5.74) is 11.6. The fraction of sp³-hybridized carbons (Fsp3) is 0.500. The molecule has 1 aliphatic heterocycles. The number of amides is 1. The number of hydrogen-bond acceptors (Lipinski definition) is 4. The molecule has 0 bridgehead atoms. The van der Waals surface area contributed by atoms with Crippen LogP contribution in [0.15, 0.2) is 18.3 Å². The largest absolute Gasteiger partial charge is 0.366 e. The lowest BCUT2D eigenvalue weighted by molar-refractivity contribution is 0.1000. The number of nitrogens with zero attached hydrogens (tertiary/aromatic N) is 2. The molecule has 1 amide bonds. The standard InChI is InChI=1S/C12H18N4O/c1-8-4-10(13)7-16(6-8)11-3-2-9(5-15-11)12(14)17/h2-3,5,8,10H,4,6-7,13H2,1H3,(H2,14,17). The van der Waals surface area contributed by atoms with Gasteiger partial charge in [0.1, 0.15) is 5.82 Å². The van der Waals surface area contributed by atoms with Crippen LogP contribution in [0, 0.1) is 5.92 Å². The maximum atomic E-state index is 10.9. The Kier molecular flexibility index (Phi) is 3.28. The van der Waals surface area contributed by atoms with E-state index in [1.54, 1.807) is 6.07 Å². The first-order valence-corrected chi connectivity index (χ1v) is 5.82. The van der Waals surface area contributed by atoms with Crippen molar-refractivity contribution in [2.45, 2.75) is 19.4 Å². The molecule has 4 N–H and O–H groups in total.